The Morgan fingerprint density at radius 2 is 1.95 bits per heavy atom. The van der Waals surface area contributed by atoms with E-state index in [-0.39, 0.29) is 17.8 Å². The number of hydrogen-bond donors (Lipinski definition) is 2. The largest absolute Gasteiger partial charge is 0.508 e. The van der Waals surface area contributed by atoms with Gasteiger partial charge in [0.25, 0.3) is 0 Å². The average Bonchev–Trinajstić information content (AvgIpc) is 2.45. The van der Waals surface area contributed by atoms with Crippen molar-refractivity contribution >= 4 is 5.97 Å². The van der Waals surface area contributed by atoms with E-state index in [1.807, 2.05) is 20.8 Å². The van der Waals surface area contributed by atoms with Gasteiger partial charge in [-0.25, -0.2) is 0 Å². The average molecular weight is 295 g/mol. The minimum Gasteiger partial charge on any atom is -0.508 e. The van der Waals surface area contributed by atoms with E-state index in [4.69, 9.17) is 9.47 Å². The molecule has 0 aliphatic carbocycles. The van der Waals surface area contributed by atoms with E-state index in [1.165, 1.54) is 7.11 Å². The number of hydrogen-bond acceptors (Lipinski definition) is 5. The smallest absolute Gasteiger partial charge is 0.322 e. The molecule has 0 heterocycles. The minimum absolute atomic E-state index is 0.170. The van der Waals surface area contributed by atoms with E-state index in [0.29, 0.717) is 23.7 Å². The molecule has 2 N–H and O–H groups in total. The first kappa shape index (κ1) is 17.3. The number of benzene rings is 1. The fourth-order valence-corrected chi connectivity index (χ4v) is 2.24. The molecule has 0 aromatic heterocycles. The molecule has 0 saturated heterocycles. The summed E-state index contributed by atoms with van der Waals surface area (Å²) in [6.07, 6.45) is 0.668. The molecule has 0 bridgehead atoms. The summed E-state index contributed by atoms with van der Waals surface area (Å²) < 4.78 is 10.0. The second kappa shape index (κ2) is 7.88. The van der Waals surface area contributed by atoms with Crippen molar-refractivity contribution in [2.45, 2.75) is 39.3 Å². The molecule has 118 valence electrons. The van der Waals surface area contributed by atoms with Crippen LogP contribution in [0.5, 0.6) is 11.5 Å². The van der Waals surface area contributed by atoms with Crippen LogP contribution in [0.1, 0.15) is 38.8 Å². The molecule has 2 unspecified atom stereocenters. The first-order valence-electron chi connectivity index (χ1n) is 7.09. The van der Waals surface area contributed by atoms with Gasteiger partial charge in [0.05, 0.1) is 14.2 Å². The van der Waals surface area contributed by atoms with Gasteiger partial charge < -0.3 is 14.6 Å². The number of ether oxygens (including phenoxy) is 2. The first-order valence-corrected chi connectivity index (χ1v) is 7.09. The Kier molecular flexibility index (Phi) is 6.49. The fourth-order valence-electron chi connectivity index (χ4n) is 2.24. The summed E-state index contributed by atoms with van der Waals surface area (Å²) >= 11 is 0. The highest BCUT2D eigenvalue weighted by Gasteiger charge is 2.24. The lowest BCUT2D eigenvalue weighted by Gasteiger charge is -2.24. The van der Waals surface area contributed by atoms with Gasteiger partial charge in [0, 0.05) is 11.6 Å². The first-order chi connectivity index (χ1) is 9.88. The molecule has 0 amide bonds. The van der Waals surface area contributed by atoms with Crippen molar-refractivity contribution in [1.29, 1.82) is 0 Å². The minimum atomic E-state index is -0.407. The second-order valence-electron chi connectivity index (χ2n) is 5.52. The number of carbonyl (C=O) groups is 1. The zero-order valence-electron chi connectivity index (χ0n) is 13.3. The molecule has 1 rings (SSSR count). The Hall–Kier alpha value is -1.75. The topological polar surface area (TPSA) is 67.8 Å². The van der Waals surface area contributed by atoms with Crippen LogP contribution in [0.3, 0.4) is 0 Å². The number of rotatable bonds is 7. The molecule has 21 heavy (non-hydrogen) atoms. The van der Waals surface area contributed by atoms with Crippen molar-refractivity contribution in [3.8, 4) is 11.5 Å². The Bertz CT molecular complexity index is 473. The summed E-state index contributed by atoms with van der Waals surface area (Å²) in [6.45, 7) is 5.99. The highest BCUT2D eigenvalue weighted by molar-refractivity contribution is 5.75. The van der Waals surface area contributed by atoms with E-state index in [2.05, 4.69) is 5.32 Å². The maximum Gasteiger partial charge on any atom is 0.322 e. The maximum absolute atomic E-state index is 11.9. The number of phenolic OH excluding ortho intramolecular Hbond substituents is 1. The normalized spacial score (nSPS) is 13.8. The van der Waals surface area contributed by atoms with Crippen molar-refractivity contribution in [2.24, 2.45) is 5.92 Å². The summed E-state index contributed by atoms with van der Waals surface area (Å²) in [4.78, 5) is 11.9. The molecule has 0 aliphatic heterocycles. The van der Waals surface area contributed by atoms with Crippen molar-refractivity contribution in [2.75, 3.05) is 14.2 Å². The van der Waals surface area contributed by atoms with E-state index < -0.39 is 6.04 Å². The van der Waals surface area contributed by atoms with Gasteiger partial charge in [0.2, 0.25) is 0 Å². The van der Waals surface area contributed by atoms with Crippen LogP contribution in [0.15, 0.2) is 18.2 Å². The van der Waals surface area contributed by atoms with Gasteiger partial charge in [0.1, 0.15) is 17.5 Å². The van der Waals surface area contributed by atoms with E-state index >= 15 is 0 Å². The molecule has 0 aliphatic rings. The number of nitrogens with one attached hydrogen (secondary N) is 1. The van der Waals surface area contributed by atoms with Crippen LogP contribution < -0.4 is 10.1 Å². The van der Waals surface area contributed by atoms with Gasteiger partial charge in [0.15, 0.2) is 0 Å². The predicted molar refractivity (Wildman–Crippen MR) is 81.5 cm³/mol. The molecular formula is C16H25NO4. The van der Waals surface area contributed by atoms with Crippen LogP contribution >= 0.6 is 0 Å². The zero-order chi connectivity index (χ0) is 16.0. The van der Waals surface area contributed by atoms with Crippen LogP contribution in [-0.2, 0) is 9.53 Å². The highest BCUT2D eigenvalue weighted by Crippen LogP contribution is 2.29. The number of methoxy groups -OCH3 is 2. The van der Waals surface area contributed by atoms with Gasteiger partial charge in [-0.05, 0) is 37.5 Å². The van der Waals surface area contributed by atoms with Crippen molar-refractivity contribution in [3.63, 3.8) is 0 Å². The lowest BCUT2D eigenvalue weighted by atomic mass is 10.0. The summed E-state index contributed by atoms with van der Waals surface area (Å²) in [7, 11) is 2.95. The monoisotopic (exact) mass is 295 g/mol. The van der Waals surface area contributed by atoms with Gasteiger partial charge in [-0.15, -0.1) is 0 Å². The SMILES string of the molecule is COC(=O)C(CC(C)C)NC(C)c1cc(OC)ccc1O. The molecular weight excluding hydrogens is 270 g/mol. The molecule has 5 heteroatoms. The van der Waals surface area contributed by atoms with Gasteiger partial charge >= 0.3 is 5.97 Å². The van der Waals surface area contributed by atoms with E-state index in [1.54, 1.807) is 25.3 Å². The highest BCUT2D eigenvalue weighted by atomic mass is 16.5. The van der Waals surface area contributed by atoms with Crippen LogP contribution in [-0.4, -0.2) is 31.3 Å². The van der Waals surface area contributed by atoms with E-state index in [0.717, 1.165) is 0 Å². The Morgan fingerprint density at radius 3 is 2.48 bits per heavy atom. The lowest BCUT2D eigenvalue weighted by Crippen LogP contribution is -2.40. The van der Waals surface area contributed by atoms with Gasteiger partial charge in [-0.2, -0.15) is 0 Å². The second-order valence-corrected chi connectivity index (χ2v) is 5.52. The third kappa shape index (κ3) is 4.93. The quantitative estimate of drug-likeness (QED) is 0.757. The van der Waals surface area contributed by atoms with E-state index in [9.17, 15) is 9.90 Å². The molecule has 5 nitrogen and oxygen atoms in total. The van der Waals surface area contributed by atoms with Crippen LogP contribution in [0.25, 0.3) is 0 Å². The molecule has 1 aromatic carbocycles. The molecule has 0 spiro atoms. The fraction of sp³-hybridized carbons (Fsp3) is 0.562. The summed E-state index contributed by atoms with van der Waals surface area (Å²) in [6, 6.07) is 4.43. The number of esters is 1. The Balaban J connectivity index is 2.90. The van der Waals surface area contributed by atoms with Gasteiger partial charge in [-0.1, -0.05) is 13.8 Å². The van der Waals surface area contributed by atoms with Crippen LogP contribution in [0.4, 0.5) is 0 Å². The standard InChI is InChI=1S/C16H25NO4/c1-10(2)8-14(16(19)21-5)17-11(3)13-9-12(20-4)6-7-15(13)18/h6-7,9-11,14,17-18H,8H2,1-5H3. The summed E-state index contributed by atoms with van der Waals surface area (Å²) in [5, 5.41) is 13.2. The molecule has 2 atom stereocenters. The van der Waals surface area contributed by atoms with Crippen molar-refractivity contribution in [3.05, 3.63) is 23.8 Å². The Labute approximate surface area is 126 Å². The molecule has 0 fully saturated rings. The predicted octanol–water partition coefficient (Wildman–Crippen LogP) is 2.64. The zero-order valence-corrected chi connectivity index (χ0v) is 13.3. The number of aromatic hydroxyl groups is 1. The summed E-state index contributed by atoms with van der Waals surface area (Å²) in [5.74, 6) is 0.893. The van der Waals surface area contributed by atoms with Gasteiger partial charge in [-0.3, -0.25) is 10.1 Å². The van der Waals surface area contributed by atoms with Crippen LogP contribution in [0, 0.1) is 5.92 Å². The third-order valence-electron chi connectivity index (χ3n) is 3.35. The molecule has 0 radical (unpaired) electrons. The Morgan fingerprint density at radius 1 is 1.29 bits per heavy atom. The third-order valence-corrected chi connectivity index (χ3v) is 3.35. The number of carbonyl (C=O) groups excluding carboxylic acids is 1. The van der Waals surface area contributed by atoms with Crippen molar-refractivity contribution < 1.29 is 19.4 Å². The van der Waals surface area contributed by atoms with Crippen LogP contribution in [0.2, 0.25) is 0 Å². The summed E-state index contributed by atoms with van der Waals surface area (Å²) in [5.41, 5.74) is 0.687. The lowest BCUT2D eigenvalue weighted by molar-refractivity contribution is -0.143. The molecule has 1 aromatic rings. The van der Waals surface area contributed by atoms with Crippen molar-refractivity contribution in [1.82, 2.24) is 5.32 Å². The molecule has 0 saturated carbocycles. The maximum atomic E-state index is 11.9. The number of phenols is 1.